The zero-order valence-electron chi connectivity index (χ0n) is 11.5. The van der Waals surface area contributed by atoms with Crippen molar-refractivity contribution in [2.24, 2.45) is 5.73 Å². The molecule has 1 rings (SSSR count). The largest absolute Gasteiger partial charge is 0.508 e. The molecule has 1 unspecified atom stereocenters. The van der Waals surface area contributed by atoms with Crippen LogP contribution in [-0.4, -0.2) is 23.2 Å². The maximum atomic E-state index is 12.5. The van der Waals surface area contributed by atoms with E-state index in [9.17, 15) is 18.7 Å². The molecular formula is C13H18F2N2O3. The highest BCUT2D eigenvalue weighted by Crippen LogP contribution is 2.29. The first-order valence-electron chi connectivity index (χ1n) is 5.97. The van der Waals surface area contributed by atoms with E-state index >= 15 is 0 Å². The number of amides is 1. The predicted molar refractivity (Wildman–Crippen MR) is 70.9 cm³/mol. The number of rotatable bonds is 3. The van der Waals surface area contributed by atoms with Gasteiger partial charge in [-0.1, -0.05) is 6.07 Å². The molecule has 4 N–H and O–H groups in total. The highest BCUT2D eigenvalue weighted by molar-refractivity contribution is 5.85. The van der Waals surface area contributed by atoms with Gasteiger partial charge in [-0.05, 0) is 26.8 Å². The number of benzene rings is 1. The van der Waals surface area contributed by atoms with E-state index in [4.69, 9.17) is 10.5 Å². The lowest BCUT2D eigenvalue weighted by Crippen LogP contribution is -2.27. The van der Waals surface area contributed by atoms with Crippen molar-refractivity contribution >= 4 is 11.8 Å². The number of phenols is 1. The van der Waals surface area contributed by atoms with Gasteiger partial charge in [-0.25, -0.2) is 13.6 Å². The van der Waals surface area contributed by atoms with E-state index < -0.39 is 29.9 Å². The number of phenolic OH excluding ortho intramolecular Hbond substituents is 1. The molecule has 0 bridgehead atoms. The van der Waals surface area contributed by atoms with E-state index in [-0.39, 0.29) is 11.3 Å². The third kappa shape index (κ3) is 4.65. The van der Waals surface area contributed by atoms with Crippen molar-refractivity contribution < 1.29 is 23.4 Å². The first-order chi connectivity index (χ1) is 9.10. The molecule has 0 heterocycles. The Hall–Kier alpha value is -1.89. The van der Waals surface area contributed by atoms with Crippen LogP contribution in [0.4, 0.5) is 19.3 Å². The summed E-state index contributed by atoms with van der Waals surface area (Å²) in [7, 11) is 0. The van der Waals surface area contributed by atoms with Crippen molar-refractivity contribution in [1.82, 2.24) is 0 Å². The number of carbonyl (C=O) groups excluding carboxylic acids is 1. The van der Waals surface area contributed by atoms with Crippen LogP contribution in [0.25, 0.3) is 0 Å². The van der Waals surface area contributed by atoms with Crippen molar-refractivity contribution in [3.63, 3.8) is 0 Å². The van der Waals surface area contributed by atoms with Crippen LogP contribution < -0.4 is 11.1 Å². The molecule has 0 spiro atoms. The Kier molecular flexibility index (Phi) is 4.88. The summed E-state index contributed by atoms with van der Waals surface area (Å²) >= 11 is 0. The number of aromatic hydroxyl groups is 1. The number of halogens is 2. The normalized spacial score (nSPS) is 13.2. The van der Waals surface area contributed by atoms with E-state index in [0.717, 1.165) is 6.07 Å². The number of alkyl halides is 2. The summed E-state index contributed by atoms with van der Waals surface area (Å²) in [5, 5.41) is 12.0. The molecule has 1 amide bonds. The molecule has 20 heavy (non-hydrogen) atoms. The summed E-state index contributed by atoms with van der Waals surface area (Å²) in [6.07, 6.45) is -3.49. The second-order valence-corrected chi connectivity index (χ2v) is 5.26. The quantitative estimate of drug-likeness (QED) is 0.798. The number of carbonyl (C=O) groups is 1. The van der Waals surface area contributed by atoms with E-state index in [1.165, 1.54) is 12.1 Å². The lowest BCUT2D eigenvalue weighted by atomic mass is 10.1. The fraction of sp³-hybridized carbons (Fsp3) is 0.462. The fourth-order valence-corrected chi connectivity index (χ4v) is 1.46. The number of hydrogen-bond donors (Lipinski definition) is 3. The van der Waals surface area contributed by atoms with Crippen LogP contribution in [0.15, 0.2) is 18.2 Å². The zero-order valence-corrected chi connectivity index (χ0v) is 11.5. The molecule has 0 saturated carbocycles. The Bertz CT molecular complexity index is 487. The van der Waals surface area contributed by atoms with Crippen LogP contribution in [0.5, 0.6) is 5.75 Å². The Morgan fingerprint density at radius 1 is 1.40 bits per heavy atom. The smallest absolute Gasteiger partial charge is 0.412 e. The molecule has 0 aliphatic carbocycles. The molecule has 5 nitrogen and oxygen atoms in total. The molecule has 7 heteroatoms. The molecule has 0 saturated heterocycles. The number of anilines is 1. The molecular weight excluding hydrogens is 270 g/mol. The number of nitrogens with one attached hydrogen (secondary N) is 1. The van der Waals surface area contributed by atoms with E-state index in [0.29, 0.717) is 0 Å². The second kappa shape index (κ2) is 6.04. The minimum atomic E-state index is -2.79. The van der Waals surface area contributed by atoms with Gasteiger partial charge in [0, 0.05) is 17.3 Å². The fourth-order valence-electron chi connectivity index (χ4n) is 1.46. The maximum absolute atomic E-state index is 12.5. The van der Waals surface area contributed by atoms with Crippen molar-refractivity contribution in [1.29, 1.82) is 0 Å². The summed E-state index contributed by atoms with van der Waals surface area (Å²) in [6.45, 7) is 5.11. The summed E-state index contributed by atoms with van der Waals surface area (Å²) < 4.78 is 30.0. The molecule has 1 atom stereocenters. The van der Waals surface area contributed by atoms with Crippen molar-refractivity contribution in [3.8, 4) is 5.75 Å². The molecule has 0 aromatic heterocycles. The minimum Gasteiger partial charge on any atom is -0.508 e. The SMILES string of the molecule is CC(C)(C)OC(=O)Nc1ccc(C(N)C(F)F)c(O)c1. The second-order valence-electron chi connectivity index (χ2n) is 5.26. The third-order valence-corrected chi connectivity index (χ3v) is 2.31. The molecule has 0 fully saturated rings. The average Bonchev–Trinajstić information content (AvgIpc) is 2.25. The first-order valence-corrected chi connectivity index (χ1v) is 5.97. The topological polar surface area (TPSA) is 84.6 Å². The van der Waals surface area contributed by atoms with Crippen LogP contribution in [0.1, 0.15) is 32.4 Å². The summed E-state index contributed by atoms with van der Waals surface area (Å²) in [6, 6.07) is 2.16. The van der Waals surface area contributed by atoms with Gasteiger partial charge >= 0.3 is 6.09 Å². The van der Waals surface area contributed by atoms with Gasteiger partial charge in [0.2, 0.25) is 0 Å². The molecule has 112 valence electrons. The summed E-state index contributed by atoms with van der Waals surface area (Å²) in [4.78, 5) is 11.5. The van der Waals surface area contributed by atoms with Gasteiger partial charge in [0.1, 0.15) is 11.4 Å². The minimum absolute atomic E-state index is 0.0882. The average molecular weight is 288 g/mol. The van der Waals surface area contributed by atoms with Gasteiger partial charge in [-0.15, -0.1) is 0 Å². The van der Waals surface area contributed by atoms with Crippen molar-refractivity contribution in [2.45, 2.75) is 38.8 Å². The number of ether oxygens (including phenoxy) is 1. The number of nitrogens with two attached hydrogens (primary N) is 1. The third-order valence-electron chi connectivity index (χ3n) is 2.31. The Balaban J connectivity index is 2.80. The van der Waals surface area contributed by atoms with Gasteiger partial charge in [0.05, 0.1) is 6.04 Å². The van der Waals surface area contributed by atoms with Crippen LogP contribution in [0.2, 0.25) is 0 Å². The summed E-state index contributed by atoms with van der Waals surface area (Å²) in [5.41, 5.74) is 4.72. The summed E-state index contributed by atoms with van der Waals surface area (Å²) in [5.74, 6) is -0.411. The van der Waals surface area contributed by atoms with Crippen LogP contribution in [0.3, 0.4) is 0 Å². The monoisotopic (exact) mass is 288 g/mol. The molecule has 0 aliphatic rings. The highest BCUT2D eigenvalue weighted by Gasteiger charge is 2.21. The van der Waals surface area contributed by atoms with Gasteiger partial charge < -0.3 is 15.6 Å². The highest BCUT2D eigenvalue weighted by atomic mass is 19.3. The lowest BCUT2D eigenvalue weighted by Gasteiger charge is -2.20. The maximum Gasteiger partial charge on any atom is 0.412 e. The van der Waals surface area contributed by atoms with Gasteiger partial charge in [0.25, 0.3) is 6.43 Å². The van der Waals surface area contributed by atoms with Gasteiger partial charge in [-0.2, -0.15) is 0 Å². The Morgan fingerprint density at radius 2 is 2.00 bits per heavy atom. The van der Waals surface area contributed by atoms with Gasteiger partial charge in [-0.3, -0.25) is 5.32 Å². The predicted octanol–water partition coefficient (Wildman–Crippen LogP) is 3.00. The molecule has 1 aromatic carbocycles. The zero-order chi connectivity index (χ0) is 15.5. The van der Waals surface area contributed by atoms with E-state index in [1.54, 1.807) is 20.8 Å². The molecule has 0 aliphatic heterocycles. The van der Waals surface area contributed by atoms with Gasteiger partial charge in [0.15, 0.2) is 0 Å². The van der Waals surface area contributed by atoms with E-state index in [2.05, 4.69) is 5.32 Å². The Morgan fingerprint density at radius 3 is 2.45 bits per heavy atom. The van der Waals surface area contributed by atoms with E-state index in [1.807, 2.05) is 0 Å². The van der Waals surface area contributed by atoms with Crippen LogP contribution >= 0.6 is 0 Å². The Labute approximate surface area is 115 Å². The van der Waals surface area contributed by atoms with Crippen LogP contribution in [0, 0.1) is 0 Å². The lowest BCUT2D eigenvalue weighted by molar-refractivity contribution is 0.0636. The first kappa shape index (κ1) is 16.2. The van der Waals surface area contributed by atoms with Crippen LogP contribution in [-0.2, 0) is 4.74 Å². The van der Waals surface area contributed by atoms with Crippen molar-refractivity contribution in [2.75, 3.05) is 5.32 Å². The standard InChI is InChI=1S/C13H18F2N2O3/c1-13(2,3)20-12(19)17-7-4-5-8(9(18)6-7)10(16)11(14)15/h4-6,10-11,18H,16H2,1-3H3,(H,17,19). The number of hydrogen-bond acceptors (Lipinski definition) is 4. The molecule has 1 aromatic rings. The molecule has 0 radical (unpaired) electrons. The van der Waals surface area contributed by atoms with Crippen molar-refractivity contribution in [3.05, 3.63) is 23.8 Å².